The van der Waals surface area contributed by atoms with Gasteiger partial charge >= 0.3 is 7.60 Å². The van der Waals surface area contributed by atoms with Crippen LogP contribution in [0, 0.1) is 0 Å². The molecule has 3 heterocycles. The van der Waals surface area contributed by atoms with Gasteiger partial charge in [-0.1, -0.05) is 6.92 Å². The molecule has 4 rings (SSSR count). The molecule has 1 aliphatic rings. The average Bonchev–Trinajstić information content (AvgIpc) is 3.40. The number of benzene rings is 1. The molecule has 0 saturated carbocycles. The minimum Gasteiger partial charge on any atom is -0.610 e. The Morgan fingerprint density at radius 3 is 2.63 bits per heavy atom. The Labute approximate surface area is 250 Å². The normalized spacial score (nSPS) is 16.1. The molecule has 41 heavy (non-hydrogen) atoms. The second kappa shape index (κ2) is 14.8. The number of thiazole rings is 1. The van der Waals surface area contributed by atoms with Crippen molar-refractivity contribution in [3.63, 3.8) is 0 Å². The van der Waals surface area contributed by atoms with Crippen LogP contribution in [0.25, 0.3) is 0 Å². The number of nitrogens with zero attached hydrogens (tertiary/aromatic N) is 3. The number of carbonyl (C=O) groups excluding carboxylic acids is 1. The summed E-state index contributed by atoms with van der Waals surface area (Å²) in [6.45, 7) is 3.06. The van der Waals surface area contributed by atoms with Crippen LogP contribution in [0.1, 0.15) is 35.8 Å². The minimum atomic E-state index is -3.28. The van der Waals surface area contributed by atoms with Gasteiger partial charge in [-0.3, -0.25) is 14.3 Å². The van der Waals surface area contributed by atoms with Crippen molar-refractivity contribution >= 4 is 52.7 Å². The van der Waals surface area contributed by atoms with Gasteiger partial charge < -0.3 is 27.8 Å². The number of ether oxygens (including phenoxy) is 3. The number of amides is 1. The first-order chi connectivity index (χ1) is 19.7. The molecule has 1 aliphatic heterocycles. The third kappa shape index (κ3) is 8.65. The molecule has 0 aliphatic carbocycles. The maximum absolute atomic E-state index is 13.7. The molecule has 1 aromatic carbocycles. The van der Waals surface area contributed by atoms with Crippen LogP contribution < -0.4 is 14.4 Å². The highest BCUT2D eigenvalue weighted by Crippen LogP contribution is 2.53. The predicted molar refractivity (Wildman–Crippen MR) is 157 cm³/mol. The standard InChI is InChI=1S/C26H31ClN3O8PS2/c1-4-20(14-34-2)37-22-10-18(11-23(12-22)38-21-6-7-24(28-13-21)41(3)33)25(31)30(17-27)26-29-19(16-40-26)15-39(32)35-8-5-9-36-39/h6-7,10-13,16,20H,4-5,8-9,14-15,17H2,1-3H3. The Balaban J connectivity index is 1.60. The number of halogens is 1. The Morgan fingerprint density at radius 2 is 2.00 bits per heavy atom. The molecule has 0 bridgehead atoms. The number of rotatable bonds is 13. The summed E-state index contributed by atoms with van der Waals surface area (Å²) in [4.78, 5) is 23.7. The van der Waals surface area contributed by atoms with Gasteiger partial charge in [0.25, 0.3) is 5.91 Å². The van der Waals surface area contributed by atoms with E-state index in [2.05, 4.69) is 9.97 Å². The molecule has 1 saturated heterocycles. The van der Waals surface area contributed by atoms with Crippen molar-refractivity contribution in [3.8, 4) is 17.2 Å². The second-order valence-electron chi connectivity index (χ2n) is 8.95. The number of hydrogen-bond donors (Lipinski definition) is 0. The molecule has 1 amide bonds. The molecule has 11 nitrogen and oxygen atoms in total. The lowest BCUT2D eigenvalue weighted by Crippen LogP contribution is -2.30. The van der Waals surface area contributed by atoms with Crippen molar-refractivity contribution < 1.29 is 37.2 Å². The Bertz CT molecular complexity index is 1350. The van der Waals surface area contributed by atoms with E-state index in [1.165, 1.54) is 28.7 Å². The Hall–Kier alpha value is -2.22. The van der Waals surface area contributed by atoms with Crippen LogP contribution in [0.3, 0.4) is 0 Å². The predicted octanol–water partition coefficient (Wildman–Crippen LogP) is 5.84. The molecule has 222 valence electrons. The topological polar surface area (TPSA) is 132 Å². The number of pyridine rings is 1. The number of hydrogen-bond acceptors (Lipinski definition) is 11. The summed E-state index contributed by atoms with van der Waals surface area (Å²) in [5, 5.41) is 2.45. The lowest BCUT2D eigenvalue weighted by Gasteiger charge is -2.22. The summed E-state index contributed by atoms with van der Waals surface area (Å²) < 4.78 is 52.6. The summed E-state index contributed by atoms with van der Waals surface area (Å²) in [7, 11) is -1.69. The van der Waals surface area contributed by atoms with E-state index < -0.39 is 24.7 Å². The first-order valence-corrected chi connectivity index (χ1v) is 17.4. The molecular weight excluding hydrogens is 613 g/mol. The van der Waals surface area contributed by atoms with Gasteiger partial charge in [0.05, 0.1) is 37.9 Å². The van der Waals surface area contributed by atoms with Crippen molar-refractivity contribution in [1.82, 2.24) is 9.97 Å². The number of carbonyl (C=O) groups is 1. The molecule has 15 heteroatoms. The van der Waals surface area contributed by atoms with E-state index in [4.69, 9.17) is 34.9 Å². The van der Waals surface area contributed by atoms with Gasteiger partial charge in [-0.15, -0.1) is 22.9 Å². The molecule has 0 spiro atoms. The van der Waals surface area contributed by atoms with Crippen molar-refractivity contribution in [2.45, 2.75) is 37.1 Å². The zero-order valence-electron chi connectivity index (χ0n) is 22.8. The van der Waals surface area contributed by atoms with Crippen LogP contribution in [0.15, 0.2) is 46.9 Å². The van der Waals surface area contributed by atoms with Crippen LogP contribution in [0.5, 0.6) is 17.2 Å². The minimum absolute atomic E-state index is 0.00544. The maximum Gasteiger partial charge on any atom is 0.336 e. The summed E-state index contributed by atoms with van der Waals surface area (Å²) >= 11 is 6.19. The Morgan fingerprint density at radius 1 is 1.24 bits per heavy atom. The van der Waals surface area contributed by atoms with Crippen molar-refractivity contribution in [2.75, 3.05) is 44.1 Å². The molecular formula is C26H31ClN3O8PS2. The van der Waals surface area contributed by atoms with E-state index in [0.29, 0.717) is 65.8 Å². The van der Waals surface area contributed by atoms with Crippen molar-refractivity contribution in [1.29, 1.82) is 0 Å². The van der Waals surface area contributed by atoms with Crippen LogP contribution in [0.4, 0.5) is 5.13 Å². The highest BCUT2D eigenvalue weighted by atomic mass is 35.5. The molecule has 3 aromatic rings. The summed E-state index contributed by atoms with van der Waals surface area (Å²) in [5.74, 6) is 0.666. The van der Waals surface area contributed by atoms with E-state index in [1.807, 2.05) is 6.92 Å². The first kappa shape index (κ1) is 31.7. The SMILES string of the molecule is CCC(COC)Oc1cc(Oc2ccc([S+](C)[O-])nc2)cc(C(=O)N(CCl)c2nc(CP3(=O)OCCCO3)cs2)c1. The number of anilines is 1. The quantitative estimate of drug-likeness (QED) is 0.0967. The molecule has 2 atom stereocenters. The molecule has 0 radical (unpaired) electrons. The first-order valence-electron chi connectivity index (χ1n) is 12.7. The van der Waals surface area contributed by atoms with Gasteiger partial charge in [0.1, 0.15) is 35.6 Å². The fourth-order valence-corrected chi connectivity index (χ4v) is 7.13. The fourth-order valence-electron chi connectivity index (χ4n) is 3.80. The number of aromatic nitrogens is 2. The maximum atomic E-state index is 13.7. The van der Waals surface area contributed by atoms with Crippen molar-refractivity contribution in [3.05, 3.63) is 53.2 Å². The van der Waals surface area contributed by atoms with Gasteiger partial charge in [-0.2, -0.15) is 0 Å². The second-order valence-corrected chi connectivity index (χ2v) is 13.4. The third-order valence-electron chi connectivity index (χ3n) is 5.83. The highest BCUT2D eigenvalue weighted by Gasteiger charge is 2.30. The van der Waals surface area contributed by atoms with Gasteiger partial charge in [0.15, 0.2) is 5.13 Å². The lowest BCUT2D eigenvalue weighted by atomic mass is 10.1. The van der Waals surface area contributed by atoms with Crippen LogP contribution in [-0.2, 0) is 35.7 Å². The average molecular weight is 644 g/mol. The fraction of sp³-hybridized carbons (Fsp3) is 0.423. The largest absolute Gasteiger partial charge is 0.610 e. The molecule has 1 fully saturated rings. The van der Waals surface area contributed by atoms with E-state index in [-0.39, 0.29) is 23.8 Å². The van der Waals surface area contributed by atoms with Crippen LogP contribution in [0.2, 0.25) is 0 Å². The van der Waals surface area contributed by atoms with E-state index in [0.717, 1.165) is 0 Å². The number of alkyl halides is 1. The van der Waals surface area contributed by atoms with E-state index >= 15 is 0 Å². The van der Waals surface area contributed by atoms with Gasteiger partial charge in [-0.05, 0) is 31.0 Å². The van der Waals surface area contributed by atoms with E-state index in [1.54, 1.807) is 42.8 Å². The Kier molecular flexibility index (Phi) is 11.4. The van der Waals surface area contributed by atoms with Gasteiger partial charge in [-0.25, -0.2) is 9.97 Å². The zero-order valence-corrected chi connectivity index (χ0v) is 26.1. The van der Waals surface area contributed by atoms with Crippen molar-refractivity contribution in [2.24, 2.45) is 0 Å². The van der Waals surface area contributed by atoms with Crippen LogP contribution in [-0.4, -0.2) is 65.7 Å². The summed E-state index contributed by atoms with van der Waals surface area (Å²) in [6.07, 6.45) is 4.11. The monoisotopic (exact) mass is 643 g/mol. The zero-order chi connectivity index (χ0) is 29.4. The third-order valence-corrected chi connectivity index (χ3v) is 9.68. The molecule has 0 N–H and O–H groups in total. The van der Waals surface area contributed by atoms with E-state index in [9.17, 15) is 13.9 Å². The van der Waals surface area contributed by atoms with Gasteiger partial charge in [0.2, 0.25) is 5.03 Å². The van der Waals surface area contributed by atoms with Gasteiger partial charge in [0, 0.05) is 41.4 Å². The van der Waals surface area contributed by atoms with Crippen LogP contribution >= 0.6 is 30.5 Å². The summed E-state index contributed by atoms with van der Waals surface area (Å²) in [6, 6.07) is 7.90. The summed E-state index contributed by atoms with van der Waals surface area (Å²) in [5.41, 5.74) is 0.724. The molecule has 2 unspecified atom stereocenters. The smallest absolute Gasteiger partial charge is 0.336 e. The molecule has 2 aromatic heterocycles. The number of methoxy groups -OCH3 is 1. The highest BCUT2D eigenvalue weighted by molar-refractivity contribution is 7.90. The lowest BCUT2D eigenvalue weighted by molar-refractivity contribution is 0.0784.